The summed E-state index contributed by atoms with van der Waals surface area (Å²) in [5, 5.41) is 10.6. The van der Waals surface area contributed by atoms with Crippen LogP contribution in [0.4, 0.5) is 5.69 Å². The van der Waals surface area contributed by atoms with Crippen LogP contribution in [0.25, 0.3) is 0 Å². The Balaban J connectivity index is 3.36. The first kappa shape index (κ1) is 12.1. The van der Waals surface area contributed by atoms with Gasteiger partial charge in [0.25, 0.3) is 5.69 Å². The number of rotatable bonds is 2. The fourth-order valence-corrected chi connectivity index (χ4v) is 2.24. The zero-order chi connectivity index (χ0) is 11.6. The highest BCUT2D eigenvalue weighted by atomic mass is 79.9. The molecule has 0 saturated heterocycles. The Kier molecular flexibility index (Phi) is 3.81. The standard InChI is InChI=1S/C8H5Br2NO4/c1-15-8(12)4-2-7(11(13)14)6(10)3-5(4)9/h2-3H,1H3. The first-order valence-electron chi connectivity index (χ1n) is 3.69. The summed E-state index contributed by atoms with van der Waals surface area (Å²) in [6.07, 6.45) is 0. The normalized spacial score (nSPS) is 9.80. The molecule has 0 bridgehead atoms. The van der Waals surface area contributed by atoms with Gasteiger partial charge in [-0.1, -0.05) is 0 Å². The van der Waals surface area contributed by atoms with Gasteiger partial charge >= 0.3 is 5.97 Å². The van der Waals surface area contributed by atoms with Crippen LogP contribution in [-0.2, 0) is 4.74 Å². The molecule has 0 saturated carbocycles. The minimum atomic E-state index is -0.627. The largest absolute Gasteiger partial charge is 0.465 e. The number of carbonyl (C=O) groups excluding carboxylic acids is 1. The van der Waals surface area contributed by atoms with E-state index in [0.29, 0.717) is 8.95 Å². The summed E-state index contributed by atoms with van der Waals surface area (Å²) in [4.78, 5) is 21.3. The number of nitro benzene ring substituents is 1. The van der Waals surface area contributed by atoms with Crippen molar-refractivity contribution in [3.63, 3.8) is 0 Å². The van der Waals surface area contributed by atoms with Crippen molar-refractivity contribution in [1.29, 1.82) is 0 Å². The van der Waals surface area contributed by atoms with Crippen molar-refractivity contribution < 1.29 is 14.5 Å². The predicted molar refractivity (Wildman–Crippen MR) is 59.8 cm³/mol. The molecule has 0 aromatic heterocycles. The van der Waals surface area contributed by atoms with E-state index in [1.165, 1.54) is 13.2 Å². The van der Waals surface area contributed by atoms with Gasteiger partial charge in [-0.25, -0.2) is 4.79 Å². The van der Waals surface area contributed by atoms with Gasteiger partial charge in [0.05, 0.1) is 22.1 Å². The second kappa shape index (κ2) is 4.71. The average molecular weight is 339 g/mol. The molecule has 0 amide bonds. The van der Waals surface area contributed by atoms with Crippen LogP contribution < -0.4 is 0 Å². The Labute approximate surface area is 102 Å². The van der Waals surface area contributed by atoms with Crippen LogP contribution in [0.3, 0.4) is 0 Å². The van der Waals surface area contributed by atoms with Gasteiger partial charge < -0.3 is 4.74 Å². The van der Waals surface area contributed by atoms with Gasteiger partial charge in [-0.3, -0.25) is 10.1 Å². The lowest BCUT2D eigenvalue weighted by Crippen LogP contribution is -2.03. The van der Waals surface area contributed by atoms with Gasteiger partial charge in [-0.15, -0.1) is 0 Å². The van der Waals surface area contributed by atoms with E-state index in [1.54, 1.807) is 0 Å². The topological polar surface area (TPSA) is 69.4 Å². The lowest BCUT2D eigenvalue weighted by atomic mass is 10.2. The summed E-state index contributed by atoms with van der Waals surface area (Å²) in [6.45, 7) is 0. The Morgan fingerprint density at radius 1 is 1.40 bits per heavy atom. The van der Waals surface area contributed by atoms with Crippen LogP contribution in [0, 0.1) is 10.1 Å². The quantitative estimate of drug-likeness (QED) is 0.472. The summed E-state index contributed by atoms with van der Waals surface area (Å²) in [5.41, 5.74) is -0.0639. The maximum atomic E-state index is 11.2. The Bertz CT molecular complexity index is 433. The van der Waals surface area contributed by atoms with Crippen molar-refractivity contribution in [1.82, 2.24) is 0 Å². The minimum Gasteiger partial charge on any atom is -0.465 e. The zero-order valence-electron chi connectivity index (χ0n) is 7.49. The van der Waals surface area contributed by atoms with Gasteiger partial charge in [-0.2, -0.15) is 0 Å². The number of hydrogen-bond donors (Lipinski definition) is 0. The lowest BCUT2D eigenvalue weighted by molar-refractivity contribution is -0.385. The first-order valence-corrected chi connectivity index (χ1v) is 5.27. The van der Waals surface area contributed by atoms with Crippen LogP contribution in [0.2, 0.25) is 0 Å². The van der Waals surface area contributed by atoms with E-state index in [0.717, 1.165) is 6.07 Å². The fourth-order valence-electron chi connectivity index (χ4n) is 0.944. The third-order valence-corrected chi connectivity index (χ3v) is 2.93. The van der Waals surface area contributed by atoms with E-state index >= 15 is 0 Å². The molecule has 5 nitrogen and oxygen atoms in total. The monoisotopic (exact) mass is 337 g/mol. The molecule has 0 unspecified atom stereocenters. The van der Waals surface area contributed by atoms with Gasteiger partial charge in [-0.05, 0) is 37.9 Å². The van der Waals surface area contributed by atoms with E-state index in [-0.39, 0.29) is 11.3 Å². The molecule has 0 spiro atoms. The molecule has 0 radical (unpaired) electrons. The molecule has 80 valence electrons. The SMILES string of the molecule is COC(=O)c1cc([N+](=O)[O-])c(Br)cc1Br. The molecule has 15 heavy (non-hydrogen) atoms. The lowest BCUT2D eigenvalue weighted by Gasteiger charge is -2.03. The summed E-state index contributed by atoms with van der Waals surface area (Å²) >= 11 is 6.15. The number of methoxy groups -OCH3 is 1. The van der Waals surface area contributed by atoms with E-state index in [2.05, 4.69) is 36.6 Å². The number of nitro groups is 1. The van der Waals surface area contributed by atoms with Crippen LogP contribution in [0.15, 0.2) is 21.1 Å². The molecule has 0 heterocycles. The van der Waals surface area contributed by atoms with E-state index < -0.39 is 10.9 Å². The highest BCUT2D eigenvalue weighted by Gasteiger charge is 2.19. The highest BCUT2D eigenvalue weighted by Crippen LogP contribution is 2.31. The van der Waals surface area contributed by atoms with Crippen molar-refractivity contribution >= 4 is 43.5 Å². The second-order valence-corrected chi connectivity index (χ2v) is 4.24. The number of halogens is 2. The summed E-state index contributed by atoms with van der Waals surface area (Å²) in [7, 11) is 1.21. The molecule has 0 N–H and O–H groups in total. The molecule has 1 aromatic carbocycles. The third-order valence-electron chi connectivity index (χ3n) is 1.64. The van der Waals surface area contributed by atoms with Crippen LogP contribution >= 0.6 is 31.9 Å². The Morgan fingerprint density at radius 3 is 2.47 bits per heavy atom. The van der Waals surface area contributed by atoms with Crippen LogP contribution in [-0.4, -0.2) is 18.0 Å². The van der Waals surface area contributed by atoms with Crippen molar-refractivity contribution in [3.8, 4) is 0 Å². The third kappa shape index (κ3) is 2.54. The molecular weight excluding hydrogens is 334 g/mol. The molecule has 0 fully saturated rings. The van der Waals surface area contributed by atoms with Crippen molar-refractivity contribution in [2.45, 2.75) is 0 Å². The highest BCUT2D eigenvalue weighted by molar-refractivity contribution is 9.11. The van der Waals surface area contributed by atoms with Crippen molar-refractivity contribution in [2.24, 2.45) is 0 Å². The van der Waals surface area contributed by atoms with Gasteiger partial charge in [0.1, 0.15) is 0 Å². The maximum Gasteiger partial charge on any atom is 0.339 e. The Hall–Kier alpha value is -0.950. The molecule has 0 aliphatic heterocycles. The Morgan fingerprint density at radius 2 is 2.00 bits per heavy atom. The van der Waals surface area contributed by atoms with Gasteiger partial charge in [0.2, 0.25) is 0 Å². The smallest absolute Gasteiger partial charge is 0.339 e. The van der Waals surface area contributed by atoms with Crippen LogP contribution in [0.1, 0.15) is 10.4 Å². The van der Waals surface area contributed by atoms with Gasteiger partial charge in [0.15, 0.2) is 0 Å². The van der Waals surface area contributed by atoms with E-state index in [4.69, 9.17) is 0 Å². The average Bonchev–Trinajstić information content (AvgIpc) is 2.16. The minimum absolute atomic E-state index is 0.118. The van der Waals surface area contributed by atoms with Crippen molar-refractivity contribution in [2.75, 3.05) is 7.11 Å². The van der Waals surface area contributed by atoms with Crippen molar-refractivity contribution in [3.05, 3.63) is 36.8 Å². The van der Waals surface area contributed by atoms with E-state index in [1.807, 2.05) is 0 Å². The molecule has 0 aliphatic carbocycles. The molecule has 0 atom stereocenters. The molecular formula is C8H5Br2NO4. The predicted octanol–water partition coefficient (Wildman–Crippen LogP) is 2.91. The maximum absolute atomic E-state index is 11.2. The fraction of sp³-hybridized carbons (Fsp3) is 0.125. The van der Waals surface area contributed by atoms with Crippen LogP contribution in [0.5, 0.6) is 0 Å². The number of carbonyl (C=O) groups is 1. The molecule has 1 rings (SSSR count). The summed E-state index contributed by atoms with van der Waals surface area (Å²) in [5.74, 6) is -0.627. The zero-order valence-corrected chi connectivity index (χ0v) is 10.7. The first-order chi connectivity index (χ1) is 6.97. The summed E-state index contributed by atoms with van der Waals surface area (Å²) in [6, 6.07) is 2.59. The van der Waals surface area contributed by atoms with Gasteiger partial charge in [0, 0.05) is 10.5 Å². The van der Waals surface area contributed by atoms with E-state index in [9.17, 15) is 14.9 Å². The number of esters is 1. The molecule has 7 heteroatoms. The number of benzene rings is 1. The second-order valence-electron chi connectivity index (χ2n) is 2.53. The number of hydrogen-bond acceptors (Lipinski definition) is 4. The summed E-state index contributed by atoms with van der Waals surface area (Å²) < 4.78 is 5.22. The molecule has 0 aliphatic rings. The number of nitrogens with zero attached hydrogens (tertiary/aromatic N) is 1. The molecule has 1 aromatic rings. The number of ether oxygens (including phenoxy) is 1.